The topological polar surface area (TPSA) is 33.1 Å². The van der Waals surface area contributed by atoms with E-state index in [9.17, 15) is 0 Å². The van der Waals surface area contributed by atoms with Crippen LogP contribution in [0.5, 0.6) is 0 Å². The lowest BCUT2D eigenvalue weighted by atomic mass is 10.2. The highest BCUT2D eigenvalue weighted by molar-refractivity contribution is 4.73. The van der Waals surface area contributed by atoms with Crippen molar-refractivity contribution in [3.05, 3.63) is 18.7 Å². The fourth-order valence-corrected chi connectivity index (χ4v) is 1.80. The molecule has 0 amide bonds. The number of hydrogen-bond donors (Lipinski definition) is 1. The monoisotopic (exact) mass is 252 g/mol. The molecule has 0 atom stereocenters. The first kappa shape index (κ1) is 15.2. The molecule has 0 bridgehead atoms. The number of nitrogens with zero attached hydrogens (tertiary/aromatic N) is 3. The summed E-state index contributed by atoms with van der Waals surface area (Å²) in [6, 6.07) is 0.660. The van der Waals surface area contributed by atoms with Crippen molar-refractivity contribution < 1.29 is 0 Å². The molecule has 1 aromatic heterocycles. The van der Waals surface area contributed by atoms with Crippen LogP contribution in [0.3, 0.4) is 0 Å². The van der Waals surface area contributed by atoms with Gasteiger partial charge in [-0.15, -0.1) is 0 Å². The normalized spacial score (nSPS) is 11.6. The average Bonchev–Trinajstić information content (AvgIpc) is 2.85. The molecule has 1 N–H and O–H groups in total. The molecule has 4 nitrogen and oxygen atoms in total. The SMILES string of the molecule is CC(C)N(C)CCCCNCCCn1ccnc1. The third-order valence-electron chi connectivity index (χ3n) is 3.32. The summed E-state index contributed by atoms with van der Waals surface area (Å²) in [5.41, 5.74) is 0. The van der Waals surface area contributed by atoms with Crippen molar-refractivity contribution in [2.45, 2.75) is 45.7 Å². The fourth-order valence-electron chi connectivity index (χ4n) is 1.80. The van der Waals surface area contributed by atoms with Gasteiger partial charge in [0.05, 0.1) is 6.33 Å². The Kier molecular flexibility index (Phi) is 7.69. The van der Waals surface area contributed by atoms with E-state index in [4.69, 9.17) is 0 Å². The zero-order valence-electron chi connectivity index (χ0n) is 12.1. The van der Waals surface area contributed by atoms with E-state index in [0.29, 0.717) is 6.04 Å². The first-order chi connectivity index (χ1) is 8.70. The average molecular weight is 252 g/mol. The lowest BCUT2D eigenvalue weighted by molar-refractivity contribution is 0.268. The number of imidazole rings is 1. The standard InChI is InChI=1S/C14H28N4/c1-14(2)17(3)10-5-4-7-15-8-6-11-18-12-9-16-13-18/h9,12-15H,4-8,10-11H2,1-3H3. The molecule has 4 heteroatoms. The minimum absolute atomic E-state index is 0.660. The van der Waals surface area contributed by atoms with Crippen LogP contribution < -0.4 is 5.32 Å². The van der Waals surface area contributed by atoms with E-state index in [1.807, 2.05) is 18.7 Å². The van der Waals surface area contributed by atoms with Gasteiger partial charge in [0.2, 0.25) is 0 Å². The summed E-state index contributed by atoms with van der Waals surface area (Å²) in [6.45, 7) is 8.98. The molecule has 1 aromatic rings. The molecule has 0 saturated heterocycles. The second kappa shape index (κ2) is 9.11. The number of rotatable bonds is 10. The van der Waals surface area contributed by atoms with Crippen molar-refractivity contribution in [2.24, 2.45) is 0 Å². The summed E-state index contributed by atoms with van der Waals surface area (Å²) < 4.78 is 2.12. The van der Waals surface area contributed by atoms with E-state index in [0.717, 1.165) is 19.6 Å². The molecule has 0 aliphatic heterocycles. The van der Waals surface area contributed by atoms with E-state index in [1.54, 1.807) is 0 Å². The van der Waals surface area contributed by atoms with Crippen LogP contribution in [0, 0.1) is 0 Å². The van der Waals surface area contributed by atoms with Gasteiger partial charge in [0.25, 0.3) is 0 Å². The lowest BCUT2D eigenvalue weighted by Gasteiger charge is -2.20. The summed E-state index contributed by atoms with van der Waals surface area (Å²) in [4.78, 5) is 6.43. The number of nitrogens with one attached hydrogen (secondary N) is 1. The van der Waals surface area contributed by atoms with Crippen molar-refractivity contribution in [3.63, 3.8) is 0 Å². The molecule has 0 aromatic carbocycles. The molecular formula is C14H28N4. The zero-order chi connectivity index (χ0) is 13.2. The van der Waals surface area contributed by atoms with Crippen LogP contribution in [0.15, 0.2) is 18.7 Å². The maximum Gasteiger partial charge on any atom is 0.0945 e. The third-order valence-corrected chi connectivity index (χ3v) is 3.32. The molecular weight excluding hydrogens is 224 g/mol. The Bertz CT molecular complexity index is 282. The minimum Gasteiger partial charge on any atom is -0.337 e. The third kappa shape index (κ3) is 6.77. The maximum absolute atomic E-state index is 4.03. The van der Waals surface area contributed by atoms with Gasteiger partial charge in [0.1, 0.15) is 0 Å². The predicted molar refractivity (Wildman–Crippen MR) is 76.7 cm³/mol. The fraction of sp³-hybridized carbons (Fsp3) is 0.786. The molecule has 0 saturated carbocycles. The molecule has 0 radical (unpaired) electrons. The second-order valence-electron chi connectivity index (χ2n) is 5.19. The van der Waals surface area contributed by atoms with Crippen LogP contribution in [-0.2, 0) is 6.54 Å². The van der Waals surface area contributed by atoms with Crippen LogP contribution in [0.1, 0.15) is 33.1 Å². The zero-order valence-corrected chi connectivity index (χ0v) is 12.1. The van der Waals surface area contributed by atoms with E-state index in [2.05, 4.69) is 40.7 Å². The first-order valence-electron chi connectivity index (χ1n) is 7.07. The summed E-state index contributed by atoms with van der Waals surface area (Å²) in [5, 5.41) is 3.50. The molecule has 0 unspecified atom stereocenters. The van der Waals surface area contributed by atoms with Crippen molar-refractivity contribution in [2.75, 3.05) is 26.7 Å². The molecule has 104 valence electrons. The number of unbranched alkanes of at least 4 members (excludes halogenated alkanes) is 1. The van der Waals surface area contributed by atoms with Crippen molar-refractivity contribution >= 4 is 0 Å². The Labute approximate surface area is 111 Å². The number of hydrogen-bond acceptors (Lipinski definition) is 3. The Morgan fingerprint density at radius 1 is 1.22 bits per heavy atom. The summed E-state index contributed by atoms with van der Waals surface area (Å²) in [5.74, 6) is 0. The number of aromatic nitrogens is 2. The molecule has 0 fully saturated rings. The van der Waals surface area contributed by atoms with E-state index >= 15 is 0 Å². The van der Waals surface area contributed by atoms with Gasteiger partial charge in [-0.05, 0) is 59.8 Å². The highest BCUT2D eigenvalue weighted by atomic mass is 15.1. The van der Waals surface area contributed by atoms with Crippen LogP contribution in [0.25, 0.3) is 0 Å². The molecule has 0 spiro atoms. The maximum atomic E-state index is 4.03. The highest BCUT2D eigenvalue weighted by Crippen LogP contribution is 1.97. The van der Waals surface area contributed by atoms with Gasteiger partial charge in [-0.25, -0.2) is 4.98 Å². The Balaban J connectivity index is 1.84. The second-order valence-corrected chi connectivity index (χ2v) is 5.19. The molecule has 1 rings (SSSR count). The Hall–Kier alpha value is -0.870. The summed E-state index contributed by atoms with van der Waals surface area (Å²) >= 11 is 0. The number of aryl methyl sites for hydroxylation is 1. The van der Waals surface area contributed by atoms with Gasteiger partial charge in [0, 0.05) is 25.0 Å². The van der Waals surface area contributed by atoms with Crippen LogP contribution >= 0.6 is 0 Å². The largest absolute Gasteiger partial charge is 0.337 e. The van der Waals surface area contributed by atoms with Crippen LogP contribution in [0.2, 0.25) is 0 Å². The van der Waals surface area contributed by atoms with Gasteiger partial charge in [-0.3, -0.25) is 0 Å². The van der Waals surface area contributed by atoms with Crippen molar-refractivity contribution in [1.29, 1.82) is 0 Å². The van der Waals surface area contributed by atoms with Crippen LogP contribution in [0.4, 0.5) is 0 Å². The highest BCUT2D eigenvalue weighted by Gasteiger charge is 2.01. The van der Waals surface area contributed by atoms with Crippen molar-refractivity contribution in [1.82, 2.24) is 19.8 Å². The van der Waals surface area contributed by atoms with E-state index in [-0.39, 0.29) is 0 Å². The van der Waals surface area contributed by atoms with E-state index < -0.39 is 0 Å². The molecule has 0 aliphatic carbocycles. The van der Waals surface area contributed by atoms with Gasteiger partial charge in [0.15, 0.2) is 0 Å². The minimum atomic E-state index is 0.660. The Morgan fingerprint density at radius 3 is 2.67 bits per heavy atom. The Morgan fingerprint density at radius 2 is 2.00 bits per heavy atom. The summed E-state index contributed by atoms with van der Waals surface area (Å²) in [6.07, 6.45) is 9.44. The molecule has 0 aliphatic rings. The van der Waals surface area contributed by atoms with Gasteiger partial charge in [-0.2, -0.15) is 0 Å². The molecule has 1 heterocycles. The smallest absolute Gasteiger partial charge is 0.0945 e. The molecule has 18 heavy (non-hydrogen) atoms. The van der Waals surface area contributed by atoms with Gasteiger partial charge >= 0.3 is 0 Å². The predicted octanol–water partition coefficient (Wildman–Crippen LogP) is 1.98. The quantitative estimate of drug-likeness (QED) is 0.646. The van der Waals surface area contributed by atoms with Gasteiger partial charge < -0.3 is 14.8 Å². The van der Waals surface area contributed by atoms with Crippen LogP contribution in [-0.4, -0.2) is 47.2 Å². The van der Waals surface area contributed by atoms with Gasteiger partial charge in [-0.1, -0.05) is 0 Å². The van der Waals surface area contributed by atoms with E-state index in [1.165, 1.54) is 25.8 Å². The first-order valence-corrected chi connectivity index (χ1v) is 7.07. The lowest BCUT2D eigenvalue weighted by Crippen LogP contribution is -2.28. The summed E-state index contributed by atoms with van der Waals surface area (Å²) in [7, 11) is 2.20. The van der Waals surface area contributed by atoms with Crippen molar-refractivity contribution in [3.8, 4) is 0 Å².